The van der Waals surface area contributed by atoms with Crippen molar-refractivity contribution in [3.8, 4) is 10.8 Å². The van der Waals surface area contributed by atoms with Gasteiger partial charge in [-0.3, -0.25) is 0 Å². The molecule has 2 aromatic carbocycles. The van der Waals surface area contributed by atoms with E-state index >= 15 is 0 Å². The largest absolute Gasteiger partial charge is 0.336 e. The van der Waals surface area contributed by atoms with Crippen LogP contribution in [0.25, 0.3) is 21.9 Å². The van der Waals surface area contributed by atoms with Crippen LogP contribution >= 0.6 is 27.3 Å². The molecule has 2 amide bonds. The first-order valence-corrected chi connectivity index (χ1v) is 9.53. The monoisotopic (exact) mass is 427 g/mol. The van der Waals surface area contributed by atoms with Crippen LogP contribution in [0.3, 0.4) is 0 Å². The molecule has 0 aliphatic carbocycles. The summed E-state index contributed by atoms with van der Waals surface area (Å²) in [7, 11) is 0. The molecule has 0 aliphatic heterocycles. The van der Waals surface area contributed by atoms with E-state index in [2.05, 4.69) is 41.5 Å². The molecule has 0 atom stereocenters. The Morgan fingerprint density at radius 1 is 1.19 bits per heavy atom. The van der Waals surface area contributed by atoms with E-state index in [-0.39, 0.29) is 6.03 Å². The maximum Gasteiger partial charge on any atom is 0.319 e. The van der Waals surface area contributed by atoms with Gasteiger partial charge in [0.1, 0.15) is 0 Å². The van der Waals surface area contributed by atoms with Crippen molar-refractivity contribution in [1.82, 2.24) is 20.3 Å². The number of aromatic nitrogens is 3. The van der Waals surface area contributed by atoms with Crippen LogP contribution in [0.5, 0.6) is 0 Å². The molecule has 130 valence electrons. The van der Waals surface area contributed by atoms with Crippen molar-refractivity contribution in [3.63, 3.8) is 0 Å². The van der Waals surface area contributed by atoms with E-state index in [1.165, 1.54) is 11.3 Å². The Hall–Kier alpha value is -2.71. The van der Waals surface area contributed by atoms with Crippen LogP contribution in [-0.2, 0) is 6.54 Å². The molecule has 4 rings (SSSR count). The fraction of sp³-hybridized carbons (Fsp3) is 0.0556. The number of amides is 2. The summed E-state index contributed by atoms with van der Waals surface area (Å²) in [5.41, 5.74) is 3.40. The molecule has 0 radical (unpaired) electrons. The van der Waals surface area contributed by atoms with E-state index in [0.29, 0.717) is 12.2 Å². The van der Waals surface area contributed by atoms with Crippen molar-refractivity contribution in [2.75, 3.05) is 5.32 Å². The molecule has 0 saturated carbocycles. The Morgan fingerprint density at radius 3 is 2.81 bits per heavy atom. The van der Waals surface area contributed by atoms with Gasteiger partial charge in [-0.1, -0.05) is 28.1 Å². The van der Waals surface area contributed by atoms with Gasteiger partial charge in [0.15, 0.2) is 10.8 Å². The van der Waals surface area contributed by atoms with Gasteiger partial charge in [-0.05, 0) is 35.9 Å². The first-order valence-electron chi connectivity index (χ1n) is 7.86. The molecule has 2 aromatic heterocycles. The summed E-state index contributed by atoms with van der Waals surface area (Å²) in [6.07, 6.45) is 1.75. The van der Waals surface area contributed by atoms with Crippen LogP contribution in [-0.4, -0.2) is 21.0 Å². The van der Waals surface area contributed by atoms with E-state index in [0.717, 1.165) is 31.9 Å². The zero-order valence-corrected chi connectivity index (χ0v) is 15.9. The van der Waals surface area contributed by atoms with E-state index in [1.807, 2.05) is 47.8 Å². The number of imidazole rings is 1. The van der Waals surface area contributed by atoms with Crippen LogP contribution in [0, 0.1) is 0 Å². The van der Waals surface area contributed by atoms with Crippen molar-refractivity contribution in [2.24, 2.45) is 0 Å². The number of hydrogen-bond acceptors (Lipinski definition) is 4. The Bertz CT molecular complexity index is 1040. The summed E-state index contributed by atoms with van der Waals surface area (Å²) in [5, 5.41) is 8.43. The van der Waals surface area contributed by atoms with Crippen molar-refractivity contribution in [2.45, 2.75) is 6.54 Å². The summed E-state index contributed by atoms with van der Waals surface area (Å²) < 4.78 is 1.01. The summed E-state index contributed by atoms with van der Waals surface area (Å²) >= 11 is 4.92. The Balaban J connectivity index is 1.43. The summed E-state index contributed by atoms with van der Waals surface area (Å²) in [5.74, 6) is 0.729. The van der Waals surface area contributed by atoms with Gasteiger partial charge < -0.3 is 15.6 Å². The van der Waals surface area contributed by atoms with Crippen LogP contribution < -0.4 is 10.6 Å². The highest BCUT2D eigenvalue weighted by Crippen LogP contribution is 2.24. The number of hydrogen-bond donors (Lipinski definition) is 3. The molecule has 0 aliphatic rings. The molecule has 0 unspecified atom stereocenters. The van der Waals surface area contributed by atoms with Crippen molar-refractivity contribution in [3.05, 3.63) is 64.1 Å². The lowest BCUT2D eigenvalue weighted by Crippen LogP contribution is -2.28. The molecule has 3 N–H and O–H groups in total. The number of thiazole rings is 1. The van der Waals surface area contributed by atoms with E-state index in [1.54, 1.807) is 6.20 Å². The summed E-state index contributed by atoms with van der Waals surface area (Å²) in [4.78, 5) is 24.1. The fourth-order valence-corrected chi connectivity index (χ4v) is 3.33. The highest BCUT2D eigenvalue weighted by Gasteiger charge is 2.09. The lowest BCUT2D eigenvalue weighted by molar-refractivity contribution is 0.251. The smallest absolute Gasteiger partial charge is 0.319 e. The second-order valence-electron chi connectivity index (χ2n) is 5.59. The summed E-state index contributed by atoms with van der Waals surface area (Å²) in [6, 6.07) is 13.1. The fourth-order valence-electron chi connectivity index (χ4n) is 2.49. The second-order valence-corrected chi connectivity index (χ2v) is 7.40. The second kappa shape index (κ2) is 7.27. The molecule has 0 saturated heterocycles. The lowest BCUT2D eigenvalue weighted by atomic mass is 10.2. The summed E-state index contributed by atoms with van der Waals surface area (Å²) in [6.45, 7) is 0.458. The minimum absolute atomic E-state index is 0.257. The molecular formula is C18H14BrN5OS. The van der Waals surface area contributed by atoms with E-state index in [9.17, 15) is 4.79 Å². The predicted molar refractivity (Wildman–Crippen MR) is 107 cm³/mol. The number of nitrogens with one attached hydrogen (secondary N) is 3. The Kier molecular flexibility index (Phi) is 4.68. The molecule has 8 heteroatoms. The van der Waals surface area contributed by atoms with Gasteiger partial charge in [0.05, 0.1) is 11.0 Å². The topological polar surface area (TPSA) is 82.7 Å². The lowest BCUT2D eigenvalue weighted by Gasteiger charge is -2.08. The number of carbonyl (C=O) groups excluding carboxylic acids is 1. The van der Waals surface area contributed by atoms with Gasteiger partial charge in [0, 0.05) is 28.3 Å². The number of fused-ring (bicyclic) bond motifs is 1. The van der Waals surface area contributed by atoms with Crippen LogP contribution in [0.2, 0.25) is 0 Å². The molecule has 4 aromatic rings. The number of H-pyrrole nitrogens is 1. The predicted octanol–water partition coefficient (Wildman–Crippen LogP) is 4.77. The minimum Gasteiger partial charge on any atom is -0.336 e. The van der Waals surface area contributed by atoms with Crippen LogP contribution in [0.1, 0.15) is 5.56 Å². The average molecular weight is 428 g/mol. The molecule has 0 fully saturated rings. The zero-order valence-electron chi connectivity index (χ0n) is 13.5. The van der Waals surface area contributed by atoms with Gasteiger partial charge >= 0.3 is 6.03 Å². The quantitative estimate of drug-likeness (QED) is 0.438. The molecule has 2 heterocycles. The number of anilines is 1. The van der Waals surface area contributed by atoms with Gasteiger partial charge in [0.25, 0.3) is 0 Å². The first-order chi connectivity index (χ1) is 12.7. The maximum atomic E-state index is 12.1. The highest BCUT2D eigenvalue weighted by molar-refractivity contribution is 9.10. The van der Waals surface area contributed by atoms with Crippen LogP contribution in [0.4, 0.5) is 10.5 Å². The molecular weight excluding hydrogens is 414 g/mol. The van der Waals surface area contributed by atoms with Gasteiger partial charge in [-0.2, -0.15) is 0 Å². The number of aromatic amines is 1. The number of halogens is 1. The van der Waals surface area contributed by atoms with E-state index < -0.39 is 0 Å². The van der Waals surface area contributed by atoms with Crippen molar-refractivity contribution < 1.29 is 4.79 Å². The number of carbonyl (C=O) groups is 1. The standard InChI is InChI=1S/C18H14BrN5OS/c19-12-3-1-11(2-4-12)10-21-18(25)22-13-5-6-14-15(9-13)24-16(23-14)17-20-7-8-26-17/h1-9H,10H2,(H,23,24)(H2,21,22,25). The Labute approximate surface area is 161 Å². The number of benzene rings is 2. The SMILES string of the molecule is O=C(NCc1ccc(Br)cc1)Nc1ccc2nc(-c3nccs3)[nH]c2c1. The average Bonchev–Trinajstić information content (AvgIpc) is 3.30. The van der Waals surface area contributed by atoms with Gasteiger partial charge in [0.2, 0.25) is 0 Å². The van der Waals surface area contributed by atoms with Crippen molar-refractivity contribution >= 4 is 50.0 Å². The van der Waals surface area contributed by atoms with Crippen LogP contribution in [0.15, 0.2) is 58.5 Å². The third-order valence-electron chi connectivity index (χ3n) is 3.74. The Morgan fingerprint density at radius 2 is 2.04 bits per heavy atom. The van der Waals surface area contributed by atoms with Gasteiger partial charge in [-0.25, -0.2) is 14.8 Å². The molecule has 26 heavy (non-hydrogen) atoms. The minimum atomic E-state index is -0.257. The third-order valence-corrected chi connectivity index (χ3v) is 5.05. The van der Waals surface area contributed by atoms with E-state index in [4.69, 9.17) is 0 Å². The molecule has 0 spiro atoms. The third kappa shape index (κ3) is 3.76. The highest BCUT2D eigenvalue weighted by atomic mass is 79.9. The number of nitrogens with zero attached hydrogens (tertiary/aromatic N) is 2. The number of urea groups is 1. The molecule has 0 bridgehead atoms. The normalized spacial score (nSPS) is 10.8. The molecule has 6 nitrogen and oxygen atoms in total. The number of rotatable bonds is 4. The van der Waals surface area contributed by atoms with Crippen molar-refractivity contribution in [1.29, 1.82) is 0 Å². The maximum absolute atomic E-state index is 12.1. The first kappa shape index (κ1) is 16.7. The van der Waals surface area contributed by atoms with Gasteiger partial charge in [-0.15, -0.1) is 11.3 Å². The zero-order chi connectivity index (χ0) is 17.9.